The van der Waals surface area contributed by atoms with Gasteiger partial charge in [-0.25, -0.2) is 8.42 Å². The first-order valence-electron chi connectivity index (χ1n) is 11.9. The average molecular weight is 626 g/mol. The van der Waals surface area contributed by atoms with Crippen LogP contribution in [0.1, 0.15) is 47.3 Å². The summed E-state index contributed by atoms with van der Waals surface area (Å²) in [7, 11) is -4.09. The van der Waals surface area contributed by atoms with Crippen LogP contribution in [-0.2, 0) is 21.2 Å². The van der Waals surface area contributed by atoms with E-state index >= 15 is 0 Å². The fourth-order valence-electron chi connectivity index (χ4n) is 4.19. The highest BCUT2D eigenvalue weighted by molar-refractivity contribution is 9.10. The van der Waals surface area contributed by atoms with Crippen LogP contribution in [0.25, 0.3) is 0 Å². The predicted molar refractivity (Wildman–Crippen MR) is 151 cm³/mol. The van der Waals surface area contributed by atoms with E-state index in [0.717, 1.165) is 34.9 Å². The van der Waals surface area contributed by atoms with Crippen molar-refractivity contribution >= 4 is 60.7 Å². The first kappa shape index (κ1) is 27.9. The van der Waals surface area contributed by atoms with Gasteiger partial charge >= 0.3 is 0 Å². The van der Waals surface area contributed by atoms with Crippen LogP contribution in [0.15, 0.2) is 70.0 Å². The molecule has 0 saturated carbocycles. The summed E-state index contributed by atoms with van der Waals surface area (Å²) in [5.74, 6) is -0.394. The molecule has 0 radical (unpaired) electrons. The van der Waals surface area contributed by atoms with Crippen LogP contribution in [0.3, 0.4) is 0 Å². The third-order valence-electron chi connectivity index (χ3n) is 6.21. The Kier molecular flexibility index (Phi) is 9.19. The van der Waals surface area contributed by atoms with Crippen LogP contribution in [-0.4, -0.2) is 39.0 Å². The summed E-state index contributed by atoms with van der Waals surface area (Å²) in [5, 5.41) is 0.00956. The number of halogens is 3. The Morgan fingerprint density at radius 3 is 2.46 bits per heavy atom. The number of hydrogen-bond acceptors (Lipinski definition) is 4. The number of nitrogens with one attached hydrogen (secondary N) is 1. The number of rotatable bonds is 8. The van der Waals surface area contributed by atoms with Crippen LogP contribution in [0, 0.1) is 0 Å². The third kappa shape index (κ3) is 6.67. The minimum atomic E-state index is -4.09. The van der Waals surface area contributed by atoms with E-state index in [2.05, 4.69) is 27.6 Å². The second-order valence-electron chi connectivity index (χ2n) is 8.81. The summed E-state index contributed by atoms with van der Waals surface area (Å²) in [4.78, 5) is 15.1. The average Bonchev–Trinajstić information content (AvgIpc) is 2.88. The molecule has 1 saturated heterocycles. The molecule has 10 heteroatoms. The van der Waals surface area contributed by atoms with E-state index in [0.29, 0.717) is 25.4 Å². The Morgan fingerprint density at radius 2 is 1.78 bits per heavy atom. The van der Waals surface area contributed by atoms with E-state index in [9.17, 15) is 13.2 Å². The first-order valence-corrected chi connectivity index (χ1v) is 15.0. The molecule has 3 aromatic carbocycles. The summed E-state index contributed by atoms with van der Waals surface area (Å²) in [5.41, 5.74) is 2.50. The van der Waals surface area contributed by atoms with Gasteiger partial charge in [0.15, 0.2) is 0 Å². The van der Waals surface area contributed by atoms with Crippen molar-refractivity contribution in [1.29, 1.82) is 0 Å². The monoisotopic (exact) mass is 624 g/mol. The number of benzene rings is 3. The largest absolute Gasteiger partial charge is 0.377 e. The van der Waals surface area contributed by atoms with Gasteiger partial charge in [-0.1, -0.05) is 76.7 Å². The van der Waals surface area contributed by atoms with Gasteiger partial charge in [0.1, 0.15) is 4.90 Å². The van der Waals surface area contributed by atoms with Gasteiger partial charge in [-0.05, 0) is 60.4 Å². The van der Waals surface area contributed by atoms with Crippen LogP contribution in [0.4, 0.5) is 5.69 Å². The number of amides is 1. The summed E-state index contributed by atoms with van der Waals surface area (Å²) >= 11 is 16.2. The highest BCUT2D eigenvalue weighted by Gasteiger charge is 2.32. The third-order valence-corrected chi connectivity index (χ3v) is 8.90. The fourth-order valence-corrected chi connectivity index (χ4v) is 6.37. The van der Waals surface area contributed by atoms with Crippen molar-refractivity contribution in [2.45, 2.75) is 37.1 Å². The molecular weight excluding hydrogens is 599 g/mol. The quantitative estimate of drug-likeness (QED) is 0.289. The number of nitrogens with zero attached hydrogens (tertiary/aromatic N) is 1. The van der Waals surface area contributed by atoms with Crippen molar-refractivity contribution in [2.24, 2.45) is 0 Å². The number of carbonyl (C=O) groups excluding carboxylic acids is 1. The molecule has 6 nitrogen and oxygen atoms in total. The second-order valence-corrected chi connectivity index (χ2v) is 12.2. The van der Waals surface area contributed by atoms with Crippen molar-refractivity contribution in [3.63, 3.8) is 0 Å². The number of ether oxygens (including phenoxy) is 1. The zero-order valence-electron chi connectivity index (χ0n) is 20.2. The van der Waals surface area contributed by atoms with Gasteiger partial charge in [0.2, 0.25) is 0 Å². The zero-order chi connectivity index (χ0) is 26.6. The van der Waals surface area contributed by atoms with Gasteiger partial charge in [0, 0.05) is 16.7 Å². The maximum absolute atomic E-state index is 13.7. The molecule has 37 heavy (non-hydrogen) atoms. The van der Waals surface area contributed by atoms with Crippen molar-refractivity contribution in [1.82, 2.24) is 4.90 Å². The number of anilines is 1. The lowest BCUT2D eigenvalue weighted by atomic mass is 10.0. The minimum Gasteiger partial charge on any atom is -0.377 e. The molecular formula is C27H27BrCl2N2O4S. The molecule has 0 bridgehead atoms. The molecule has 0 spiro atoms. The molecule has 196 valence electrons. The van der Waals surface area contributed by atoms with Gasteiger partial charge < -0.3 is 9.64 Å². The molecule has 3 aromatic rings. The molecule has 1 unspecified atom stereocenters. The normalized spacial score (nSPS) is 16.0. The smallest absolute Gasteiger partial charge is 0.263 e. The van der Waals surface area contributed by atoms with E-state index < -0.39 is 15.9 Å². The zero-order valence-corrected chi connectivity index (χ0v) is 24.1. The highest BCUT2D eigenvalue weighted by atomic mass is 79.9. The summed E-state index contributed by atoms with van der Waals surface area (Å²) in [6, 6.07) is 17.1. The number of aryl methyl sites for hydroxylation is 1. The van der Waals surface area contributed by atoms with Crippen LogP contribution >= 0.6 is 39.1 Å². The van der Waals surface area contributed by atoms with Crippen LogP contribution in [0.2, 0.25) is 10.0 Å². The van der Waals surface area contributed by atoms with E-state index in [4.69, 9.17) is 27.9 Å². The van der Waals surface area contributed by atoms with E-state index in [1.54, 1.807) is 17.0 Å². The standard InChI is InChI=1S/C27H27BrCl2N2O4S/c1-2-3-4-18-5-11-21(12-6-18)31-37(34,35)26-15-22(23(29)16-24(26)30)27(33)32-13-14-36-17-25(32)19-7-9-20(28)10-8-19/h5-12,15-16,25,31H,2-4,13-14,17H2,1H3. The topological polar surface area (TPSA) is 75.7 Å². The minimum absolute atomic E-state index is 0.0605. The number of morpholine rings is 1. The van der Waals surface area contributed by atoms with Crippen LogP contribution < -0.4 is 4.72 Å². The molecule has 0 aromatic heterocycles. The predicted octanol–water partition coefficient (Wildman–Crippen LogP) is 7.11. The Labute approximate surface area is 236 Å². The van der Waals surface area contributed by atoms with Crippen LogP contribution in [0.5, 0.6) is 0 Å². The lowest BCUT2D eigenvalue weighted by Gasteiger charge is -2.36. The number of hydrogen-bond donors (Lipinski definition) is 1. The summed E-state index contributed by atoms with van der Waals surface area (Å²) in [6.45, 7) is 3.14. The van der Waals surface area contributed by atoms with Gasteiger partial charge in [-0.15, -0.1) is 0 Å². The Balaban J connectivity index is 1.62. The van der Waals surface area contributed by atoms with Gasteiger partial charge in [-0.2, -0.15) is 0 Å². The first-order chi connectivity index (χ1) is 17.7. The number of unbranched alkanes of at least 4 members (excludes halogenated alkanes) is 1. The maximum Gasteiger partial charge on any atom is 0.263 e. The molecule has 1 amide bonds. The van der Waals surface area contributed by atoms with Gasteiger partial charge in [0.05, 0.1) is 34.9 Å². The van der Waals surface area contributed by atoms with Crippen molar-refractivity contribution in [3.05, 3.63) is 91.9 Å². The number of sulfonamides is 1. The SMILES string of the molecule is CCCCc1ccc(NS(=O)(=O)c2cc(C(=O)N3CCOCC3c3ccc(Br)cc3)c(Cl)cc2Cl)cc1. The van der Waals surface area contributed by atoms with E-state index in [1.807, 2.05) is 36.4 Å². The number of carbonyl (C=O) groups is 1. The molecule has 1 heterocycles. The van der Waals surface area contributed by atoms with E-state index in [-0.39, 0.29) is 26.5 Å². The fraction of sp³-hybridized carbons (Fsp3) is 0.296. The Bertz CT molecular complexity index is 1370. The Hall–Kier alpha value is -2.10. The summed E-state index contributed by atoms with van der Waals surface area (Å²) < 4.78 is 35.7. The van der Waals surface area contributed by atoms with Gasteiger partial charge in [-0.3, -0.25) is 9.52 Å². The van der Waals surface area contributed by atoms with E-state index in [1.165, 1.54) is 12.1 Å². The lowest BCUT2D eigenvalue weighted by molar-refractivity contribution is -0.00270. The molecule has 1 atom stereocenters. The van der Waals surface area contributed by atoms with Crippen molar-refractivity contribution in [2.75, 3.05) is 24.5 Å². The molecule has 1 aliphatic heterocycles. The van der Waals surface area contributed by atoms with Crippen molar-refractivity contribution in [3.8, 4) is 0 Å². The van der Waals surface area contributed by atoms with Crippen molar-refractivity contribution < 1.29 is 17.9 Å². The van der Waals surface area contributed by atoms with Gasteiger partial charge in [0.25, 0.3) is 15.9 Å². The molecule has 1 aliphatic rings. The highest BCUT2D eigenvalue weighted by Crippen LogP contribution is 2.33. The molecule has 4 rings (SSSR count). The molecule has 1 N–H and O–H groups in total. The molecule has 0 aliphatic carbocycles. The summed E-state index contributed by atoms with van der Waals surface area (Å²) in [6.07, 6.45) is 3.08. The lowest BCUT2D eigenvalue weighted by Crippen LogP contribution is -2.43. The maximum atomic E-state index is 13.7. The Morgan fingerprint density at radius 1 is 1.08 bits per heavy atom. The molecule has 1 fully saturated rings. The second kappa shape index (κ2) is 12.2.